The van der Waals surface area contributed by atoms with E-state index in [4.69, 9.17) is 4.74 Å². The van der Waals surface area contributed by atoms with E-state index in [-0.39, 0.29) is 0 Å². The molecule has 47 valence electrons. The number of hydrogen-bond donors (Lipinski definition) is 1. The van der Waals surface area contributed by atoms with E-state index < -0.39 is 0 Å². The van der Waals surface area contributed by atoms with Crippen molar-refractivity contribution in [1.82, 2.24) is 5.32 Å². The van der Waals surface area contributed by atoms with Crippen molar-refractivity contribution < 1.29 is 4.74 Å². The zero-order chi connectivity index (χ0) is 5.82. The van der Waals surface area contributed by atoms with E-state index in [9.17, 15) is 0 Å². The SMILES string of the molecule is CO[C@@H]1C[CH]CNC1. The van der Waals surface area contributed by atoms with E-state index in [1.807, 2.05) is 0 Å². The van der Waals surface area contributed by atoms with Gasteiger partial charge < -0.3 is 10.1 Å². The summed E-state index contributed by atoms with van der Waals surface area (Å²) in [6.07, 6.45) is 3.73. The molecule has 0 bridgehead atoms. The minimum atomic E-state index is 0.420. The van der Waals surface area contributed by atoms with Crippen LogP contribution in [0.4, 0.5) is 0 Å². The molecular weight excluding hydrogens is 102 g/mol. The van der Waals surface area contributed by atoms with Crippen LogP contribution >= 0.6 is 0 Å². The number of methoxy groups -OCH3 is 1. The maximum atomic E-state index is 5.10. The Kier molecular flexibility index (Phi) is 2.30. The molecule has 1 rings (SSSR count). The summed E-state index contributed by atoms with van der Waals surface area (Å²) in [4.78, 5) is 0. The van der Waals surface area contributed by atoms with Crippen LogP contribution in [0.15, 0.2) is 0 Å². The molecule has 8 heavy (non-hydrogen) atoms. The summed E-state index contributed by atoms with van der Waals surface area (Å²) < 4.78 is 5.10. The molecule has 1 radical (unpaired) electrons. The van der Waals surface area contributed by atoms with Gasteiger partial charge in [-0.1, -0.05) is 0 Å². The Morgan fingerprint density at radius 2 is 2.62 bits per heavy atom. The van der Waals surface area contributed by atoms with Gasteiger partial charge in [-0.2, -0.15) is 0 Å². The lowest BCUT2D eigenvalue weighted by Gasteiger charge is -2.20. The van der Waals surface area contributed by atoms with E-state index in [0.29, 0.717) is 6.10 Å². The number of hydrogen-bond acceptors (Lipinski definition) is 2. The third kappa shape index (κ3) is 1.46. The molecule has 0 spiro atoms. The van der Waals surface area contributed by atoms with Crippen molar-refractivity contribution in [2.45, 2.75) is 12.5 Å². The average molecular weight is 114 g/mol. The summed E-state index contributed by atoms with van der Waals surface area (Å²) in [7, 11) is 1.76. The van der Waals surface area contributed by atoms with Gasteiger partial charge in [0, 0.05) is 13.7 Å². The number of nitrogens with one attached hydrogen (secondary N) is 1. The summed E-state index contributed by atoms with van der Waals surface area (Å²) in [5.74, 6) is 0. The molecule has 0 unspecified atom stereocenters. The first-order chi connectivity index (χ1) is 3.93. The maximum Gasteiger partial charge on any atom is 0.0698 e. The highest BCUT2D eigenvalue weighted by molar-refractivity contribution is 4.80. The van der Waals surface area contributed by atoms with Crippen LogP contribution in [-0.4, -0.2) is 26.3 Å². The summed E-state index contributed by atoms with van der Waals surface area (Å²) in [5, 5.41) is 3.21. The van der Waals surface area contributed by atoms with Crippen LogP contribution in [0.1, 0.15) is 6.42 Å². The van der Waals surface area contributed by atoms with E-state index in [2.05, 4.69) is 11.7 Å². The predicted octanol–water partition coefficient (Wildman–Crippen LogP) is 0.199. The highest BCUT2D eigenvalue weighted by Gasteiger charge is 2.10. The smallest absolute Gasteiger partial charge is 0.0698 e. The molecule has 1 saturated heterocycles. The summed E-state index contributed by atoms with van der Waals surface area (Å²) in [5.41, 5.74) is 0. The van der Waals surface area contributed by atoms with Crippen molar-refractivity contribution in [3.8, 4) is 0 Å². The Balaban J connectivity index is 2.13. The van der Waals surface area contributed by atoms with Gasteiger partial charge in [0.05, 0.1) is 6.10 Å². The molecule has 0 aliphatic carbocycles. The highest BCUT2D eigenvalue weighted by atomic mass is 16.5. The number of rotatable bonds is 1. The van der Waals surface area contributed by atoms with Crippen LogP contribution in [-0.2, 0) is 4.74 Å². The zero-order valence-electron chi connectivity index (χ0n) is 5.18. The second-order valence-electron chi connectivity index (χ2n) is 2.04. The molecule has 1 heterocycles. The van der Waals surface area contributed by atoms with Gasteiger partial charge in [0.25, 0.3) is 0 Å². The largest absolute Gasteiger partial charge is 0.380 e. The molecule has 2 nitrogen and oxygen atoms in total. The molecule has 1 fully saturated rings. The second-order valence-corrected chi connectivity index (χ2v) is 2.04. The summed E-state index contributed by atoms with van der Waals surface area (Å²) in [6, 6.07) is 0. The average Bonchev–Trinajstić information content (AvgIpc) is 1.90. The van der Waals surface area contributed by atoms with Gasteiger partial charge in [0.1, 0.15) is 0 Å². The first kappa shape index (κ1) is 6.05. The van der Waals surface area contributed by atoms with Gasteiger partial charge in [0.15, 0.2) is 0 Å². The topological polar surface area (TPSA) is 21.3 Å². The Bertz CT molecular complexity index is 59.5. The Morgan fingerprint density at radius 3 is 3.00 bits per heavy atom. The van der Waals surface area contributed by atoms with Crippen molar-refractivity contribution in [2.24, 2.45) is 0 Å². The molecule has 1 N–H and O–H groups in total. The molecule has 0 aromatic carbocycles. The van der Waals surface area contributed by atoms with Gasteiger partial charge >= 0.3 is 0 Å². The van der Waals surface area contributed by atoms with Gasteiger partial charge in [-0.3, -0.25) is 0 Å². The summed E-state index contributed by atoms with van der Waals surface area (Å²) >= 11 is 0. The highest BCUT2D eigenvalue weighted by Crippen LogP contribution is 2.02. The first-order valence-corrected chi connectivity index (χ1v) is 2.98. The maximum absolute atomic E-state index is 5.10. The van der Waals surface area contributed by atoms with Crippen molar-refractivity contribution in [3.63, 3.8) is 0 Å². The third-order valence-electron chi connectivity index (χ3n) is 1.42. The molecule has 1 aliphatic heterocycles. The number of ether oxygens (including phenoxy) is 1. The van der Waals surface area contributed by atoms with Gasteiger partial charge in [-0.05, 0) is 19.4 Å². The lowest BCUT2D eigenvalue weighted by atomic mass is 10.1. The molecular formula is C6H12NO. The molecule has 0 aromatic heterocycles. The lowest BCUT2D eigenvalue weighted by Crippen LogP contribution is -2.34. The molecule has 2 heteroatoms. The lowest BCUT2D eigenvalue weighted by molar-refractivity contribution is 0.0931. The van der Waals surface area contributed by atoms with Gasteiger partial charge in [-0.25, -0.2) is 0 Å². The summed E-state index contributed by atoms with van der Waals surface area (Å²) in [6.45, 7) is 2.05. The van der Waals surface area contributed by atoms with Crippen molar-refractivity contribution in [1.29, 1.82) is 0 Å². The van der Waals surface area contributed by atoms with Gasteiger partial charge in [-0.15, -0.1) is 0 Å². The fraction of sp³-hybridized carbons (Fsp3) is 0.833. The molecule has 0 amide bonds. The fourth-order valence-electron chi connectivity index (χ4n) is 0.879. The van der Waals surface area contributed by atoms with E-state index in [0.717, 1.165) is 19.5 Å². The quantitative estimate of drug-likeness (QED) is 0.525. The van der Waals surface area contributed by atoms with E-state index >= 15 is 0 Å². The van der Waals surface area contributed by atoms with Crippen LogP contribution in [0, 0.1) is 6.42 Å². The molecule has 0 saturated carbocycles. The Morgan fingerprint density at radius 1 is 1.75 bits per heavy atom. The fourth-order valence-corrected chi connectivity index (χ4v) is 0.879. The van der Waals surface area contributed by atoms with Crippen LogP contribution in [0.3, 0.4) is 0 Å². The Labute approximate surface area is 50.2 Å². The van der Waals surface area contributed by atoms with Crippen molar-refractivity contribution in [2.75, 3.05) is 20.2 Å². The second kappa shape index (κ2) is 3.05. The molecule has 1 aliphatic rings. The van der Waals surface area contributed by atoms with Crippen LogP contribution in [0.5, 0.6) is 0 Å². The standard InChI is InChI=1S/C6H12NO/c1-8-6-3-2-4-7-5-6/h2,6-7H,3-5H2,1H3/t6-/m1/s1. The van der Waals surface area contributed by atoms with Crippen molar-refractivity contribution >= 4 is 0 Å². The van der Waals surface area contributed by atoms with Crippen LogP contribution in [0.25, 0.3) is 0 Å². The minimum Gasteiger partial charge on any atom is -0.380 e. The molecule has 1 atom stereocenters. The zero-order valence-corrected chi connectivity index (χ0v) is 5.18. The normalized spacial score (nSPS) is 30.4. The predicted molar refractivity (Wildman–Crippen MR) is 32.6 cm³/mol. The van der Waals surface area contributed by atoms with E-state index in [1.54, 1.807) is 7.11 Å². The Hall–Kier alpha value is -0.0800. The van der Waals surface area contributed by atoms with Crippen molar-refractivity contribution in [3.05, 3.63) is 6.42 Å². The third-order valence-corrected chi connectivity index (χ3v) is 1.42. The first-order valence-electron chi connectivity index (χ1n) is 2.98. The number of piperidine rings is 1. The van der Waals surface area contributed by atoms with Crippen LogP contribution < -0.4 is 5.32 Å². The van der Waals surface area contributed by atoms with Gasteiger partial charge in [0.2, 0.25) is 0 Å². The van der Waals surface area contributed by atoms with E-state index in [1.165, 1.54) is 0 Å². The molecule has 0 aromatic rings. The van der Waals surface area contributed by atoms with Crippen LogP contribution in [0.2, 0.25) is 0 Å². The monoisotopic (exact) mass is 114 g/mol. The minimum absolute atomic E-state index is 0.420.